The van der Waals surface area contributed by atoms with Crippen LogP contribution in [0, 0.1) is 70.7 Å². The molecule has 0 aliphatic rings. The fourth-order valence-corrected chi connectivity index (χ4v) is 7.17. The van der Waals surface area contributed by atoms with Crippen LogP contribution >= 0.6 is 24.1 Å². The summed E-state index contributed by atoms with van der Waals surface area (Å²) >= 11 is 1.45. The van der Waals surface area contributed by atoms with E-state index in [2.05, 4.69) is 96.0 Å². The second-order valence-corrected chi connectivity index (χ2v) is 14.5. The second kappa shape index (κ2) is 21.9. The first-order valence-electron chi connectivity index (χ1n) is 18.7. The molecule has 8 heteroatoms. The molecule has 0 aliphatic carbocycles. The number of rotatable bonds is 16. The highest BCUT2D eigenvalue weighted by atomic mass is 32.2. The summed E-state index contributed by atoms with van der Waals surface area (Å²) < 4.78 is 10.5. The van der Waals surface area contributed by atoms with Crippen molar-refractivity contribution in [2.24, 2.45) is 0 Å². The highest BCUT2D eigenvalue weighted by Gasteiger charge is 2.42. The molecule has 0 aromatic heterocycles. The van der Waals surface area contributed by atoms with Crippen LogP contribution in [0.3, 0.4) is 0 Å². The Hall–Kier alpha value is -6.86. The van der Waals surface area contributed by atoms with Crippen LogP contribution in [0.1, 0.15) is 58.4 Å². The summed E-state index contributed by atoms with van der Waals surface area (Å²) in [6, 6.07) is 55.8. The molecule has 0 N–H and O–H groups in total. The Morgan fingerprint density at radius 2 is 0.639 bits per heavy atom. The van der Waals surface area contributed by atoms with Crippen molar-refractivity contribution in [2.75, 3.05) is 0 Å². The number of hydrogen-bond acceptors (Lipinski definition) is 8. The Bertz CT molecular complexity index is 2430. The molecule has 0 saturated heterocycles. The minimum Gasteiger partial charge on any atom is -0.184 e. The van der Waals surface area contributed by atoms with Crippen molar-refractivity contribution < 1.29 is 28.5 Å². The molecule has 0 atom stereocenters. The molecule has 0 aliphatic heterocycles. The van der Waals surface area contributed by atoms with Crippen LogP contribution in [0.4, 0.5) is 0 Å². The summed E-state index contributed by atoms with van der Waals surface area (Å²) in [6.45, 7) is 4.36. The molecule has 0 radical (unpaired) electrons. The molecule has 0 saturated carbocycles. The first-order valence-corrected chi connectivity index (χ1v) is 20.2. The van der Waals surface area contributed by atoms with E-state index in [0.717, 1.165) is 68.6 Å². The van der Waals surface area contributed by atoms with E-state index in [1.54, 1.807) is 0 Å². The van der Waals surface area contributed by atoms with Crippen molar-refractivity contribution >= 4 is 24.1 Å². The van der Waals surface area contributed by atoms with Crippen molar-refractivity contribution in [3.63, 3.8) is 0 Å². The van der Waals surface area contributed by atoms with E-state index in [1.165, 1.54) is 0 Å². The molecule has 6 nitrogen and oxygen atoms in total. The fraction of sp³-hybridized carbons (Fsp3) is 0.0943. The van der Waals surface area contributed by atoms with Gasteiger partial charge in [0.2, 0.25) is 0 Å². The molecule has 0 amide bonds. The summed E-state index contributed by atoms with van der Waals surface area (Å²) in [5.41, 5.74) is 4.11. The van der Waals surface area contributed by atoms with E-state index >= 15 is 0 Å². The van der Waals surface area contributed by atoms with E-state index in [4.69, 9.17) is 41.4 Å². The molecular weight excluding hydrogens is 797 g/mol. The van der Waals surface area contributed by atoms with E-state index in [0.29, 0.717) is 0 Å². The van der Waals surface area contributed by atoms with Gasteiger partial charge >= 0.3 is 0 Å². The van der Waals surface area contributed by atoms with Gasteiger partial charge in [0.15, 0.2) is 11.2 Å². The summed E-state index contributed by atoms with van der Waals surface area (Å²) in [4.78, 5) is 12.6. The zero-order valence-electron chi connectivity index (χ0n) is 33.1. The van der Waals surface area contributed by atoms with Crippen molar-refractivity contribution in [2.45, 2.75) is 30.5 Å². The molecule has 61 heavy (non-hydrogen) atoms. The Labute approximate surface area is 366 Å². The summed E-state index contributed by atoms with van der Waals surface area (Å²) in [7, 11) is 0. The first-order chi connectivity index (χ1) is 30.0. The highest BCUT2D eigenvalue weighted by Crippen LogP contribution is 2.44. The maximum atomic E-state index is 6.28. The van der Waals surface area contributed by atoms with Gasteiger partial charge in [-0.1, -0.05) is 194 Å². The number of terminal acetylenes is 2. The summed E-state index contributed by atoms with van der Waals surface area (Å²) in [6.07, 6.45) is 10.3. The van der Waals surface area contributed by atoms with Crippen molar-refractivity contribution in [3.05, 3.63) is 214 Å². The monoisotopic (exact) mass is 832 g/mol. The molecule has 0 unspecified atom stereocenters. The van der Waals surface area contributed by atoms with Gasteiger partial charge in [-0.15, -0.1) is 21.5 Å². The largest absolute Gasteiger partial charge is 0.184 e. The van der Waals surface area contributed by atoms with Gasteiger partial charge in [0.25, 0.3) is 0 Å². The molecule has 0 spiro atoms. The van der Waals surface area contributed by atoms with Crippen molar-refractivity contribution in [1.29, 1.82) is 0 Å². The van der Waals surface area contributed by atoms with Crippen LogP contribution in [0.5, 0.6) is 0 Å². The van der Waals surface area contributed by atoms with Crippen LogP contribution in [-0.2, 0) is 45.1 Å². The van der Waals surface area contributed by atoms with E-state index in [1.807, 2.05) is 146 Å². The van der Waals surface area contributed by atoms with Gasteiger partial charge in [0.1, 0.15) is 24.1 Å². The smallest absolute Gasteiger partial charge is 0.182 e. The summed E-state index contributed by atoms with van der Waals surface area (Å²) in [5, 5.41) is 16.1. The maximum Gasteiger partial charge on any atom is 0.182 e. The van der Waals surface area contributed by atoms with Crippen LogP contribution < -0.4 is 0 Å². The third kappa shape index (κ3) is 10.5. The SMILES string of the molecule is C#CC#CC#CSOOOC(c1ccccc1)(c1ccccc1)c1ccc(C(C)(C)c2ccc(C(OOOSC#CC#CC#C)(c3ccccc3)c3ccccc3)cc2)cc1. The van der Waals surface area contributed by atoms with Crippen molar-refractivity contribution in [3.8, 4) is 70.7 Å². The third-order valence-electron chi connectivity index (χ3n) is 9.77. The molecule has 0 heterocycles. The number of hydrogen-bond donors (Lipinski definition) is 0. The Morgan fingerprint density at radius 1 is 0.361 bits per heavy atom. The normalized spacial score (nSPS) is 10.8. The quantitative estimate of drug-likeness (QED) is 0.0239. The molecule has 6 aromatic rings. The van der Waals surface area contributed by atoms with E-state index in [-0.39, 0.29) is 0 Å². The predicted molar refractivity (Wildman–Crippen MR) is 241 cm³/mol. The van der Waals surface area contributed by atoms with Gasteiger partial charge in [-0.05, 0) is 80.0 Å². The lowest BCUT2D eigenvalue weighted by atomic mass is 9.74. The molecule has 0 fully saturated rings. The van der Waals surface area contributed by atoms with E-state index < -0.39 is 16.6 Å². The standard InChI is InChI=1S/C53H36O6S2/c1-5-7-9-23-41-60-58-56-54-52(45-25-15-11-16-26-45,46-27-17-12-18-28-46)49-37-33-43(34-38-49)51(3,4)44-35-39-50(40-36-44)53(47-29-19-13-20-30-47,48-31-21-14-22-32-48)55-57-59-61-42-24-10-8-6-2/h1-2,11-22,25-40H,3-4H3. The lowest BCUT2D eigenvalue weighted by Gasteiger charge is -2.34. The lowest BCUT2D eigenvalue weighted by Crippen LogP contribution is -2.33. The molecule has 296 valence electrons. The Balaban J connectivity index is 1.33. The first kappa shape index (κ1) is 43.7. The topological polar surface area (TPSA) is 55.4 Å². The molecular formula is C53H36O6S2. The molecule has 6 rings (SSSR count). The van der Waals surface area contributed by atoms with Crippen molar-refractivity contribution in [1.82, 2.24) is 0 Å². The van der Waals surface area contributed by atoms with Crippen LogP contribution in [0.25, 0.3) is 0 Å². The predicted octanol–water partition coefficient (Wildman–Crippen LogP) is 10.8. The van der Waals surface area contributed by atoms with Gasteiger partial charge in [0.05, 0.1) is 0 Å². The van der Waals surface area contributed by atoms with Gasteiger partial charge in [0, 0.05) is 27.8 Å². The highest BCUT2D eigenvalue weighted by molar-refractivity contribution is 7.99. The van der Waals surface area contributed by atoms with Gasteiger partial charge in [-0.25, -0.2) is 0 Å². The average molecular weight is 833 g/mol. The van der Waals surface area contributed by atoms with Gasteiger partial charge in [-0.2, -0.15) is 9.78 Å². The zero-order chi connectivity index (χ0) is 42.6. The minimum atomic E-state index is -1.23. The average Bonchev–Trinajstić information content (AvgIpc) is 3.32. The van der Waals surface area contributed by atoms with Gasteiger partial charge in [-0.3, -0.25) is 0 Å². The lowest BCUT2D eigenvalue weighted by molar-refractivity contribution is -0.490. The van der Waals surface area contributed by atoms with Crippen LogP contribution in [0.2, 0.25) is 0 Å². The van der Waals surface area contributed by atoms with E-state index in [9.17, 15) is 0 Å². The summed E-state index contributed by atoms with van der Waals surface area (Å²) in [5.74, 6) is 19.5. The van der Waals surface area contributed by atoms with Crippen LogP contribution in [0.15, 0.2) is 170 Å². The fourth-order valence-electron chi connectivity index (χ4n) is 6.81. The number of benzene rings is 6. The zero-order valence-corrected chi connectivity index (χ0v) is 34.7. The Morgan fingerprint density at radius 3 is 0.934 bits per heavy atom. The van der Waals surface area contributed by atoms with Crippen LogP contribution in [-0.4, -0.2) is 0 Å². The minimum absolute atomic E-state index is 0.447. The van der Waals surface area contributed by atoms with Gasteiger partial charge < -0.3 is 0 Å². The third-order valence-corrected chi connectivity index (χ3v) is 10.4. The molecule has 6 aromatic carbocycles. The second-order valence-electron chi connectivity index (χ2n) is 13.5. The molecule has 0 bridgehead atoms. The Kier molecular flexibility index (Phi) is 15.7. The maximum absolute atomic E-state index is 6.28.